The van der Waals surface area contributed by atoms with E-state index in [1.165, 1.54) is 10.5 Å². The van der Waals surface area contributed by atoms with Gasteiger partial charge < -0.3 is 14.9 Å². The molecule has 0 aliphatic carbocycles. The second kappa shape index (κ2) is 6.61. The van der Waals surface area contributed by atoms with Gasteiger partial charge in [-0.25, -0.2) is 9.59 Å². The summed E-state index contributed by atoms with van der Waals surface area (Å²) in [6.45, 7) is 3.03. The molecule has 5 nitrogen and oxygen atoms in total. The maximum Gasteiger partial charge on any atom is 0.326 e. The van der Waals surface area contributed by atoms with Crippen LogP contribution in [0.4, 0.5) is 4.79 Å². The summed E-state index contributed by atoms with van der Waals surface area (Å²) >= 11 is 0. The molecular weight excluding hydrogens is 268 g/mol. The minimum absolute atomic E-state index is 0.206. The van der Waals surface area contributed by atoms with Crippen molar-refractivity contribution in [1.29, 1.82) is 0 Å². The molecular formula is C16H22N2O3. The van der Waals surface area contributed by atoms with Gasteiger partial charge in [0.15, 0.2) is 0 Å². The van der Waals surface area contributed by atoms with Crippen LogP contribution in [0.5, 0.6) is 0 Å². The van der Waals surface area contributed by atoms with Gasteiger partial charge in [0, 0.05) is 20.1 Å². The number of piperidine rings is 1. The summed E-state index contributed by atoms with van der Waals surface area (Å²) in [5.41, 5.74) is 2.22. The number of amides is 2. The number of carboxylic acid groups (broad SMARTS) is 1. The predicted molar refractivity (Wildman–Crippen MR) is 80.0 cm³/mol. The van der Waals surface area contributed by atoms with Crippen molar-refractivity contribution < 1.29 is 14.7 Å². The third kappa shape index (κ3) is 3.74. The van der Waals surface area contributed by atoms with Gasteiger partial charge in [0.2, 0.25) is 0 Å². The molecule has 0 saturated carbocycles. The largest absolute Gasteiger partial charge is 0.480 e. The van der Waals surface area contributed by atoms with E-state index in [2.05, 4.69) is 0 Å². The topological polar surface area (TPSA) is 60.9 Å². The third-order valence-corrected chi connectivity index (χ3v) is 3.90. The highest BCUT2D eigenvalue weighted by molar-refractivity contribution is 5.82. The van der Waals surface area contributed by atoms with Crippen molar-refractivity contribution in [2.75, 3.05) is 13.6 Å². The summed E-state index contributed by atoms with van der Waals surface area (Å²) in [7, 11) is 1.72. The highest BCUT2D eigenvalue weighted by atomic mass is 16.4. The minimum Gasteiger partial charge on any atom is -0.480 e. The molecule has 1 N–H and O–H groups in total. The Morgan fingerprint density at radius 3 is 2.57 bits per heavy atom. The number of carboxylic acids is 1. The molecule has 1 aromatic carbocycles. The Balaban J connectivity index is 2.03. The number of carbonyl (C=O) groups is 2. The molecule has 0 aromatic heterocycles. The van der Waals surface area contributed by atoms with Gasteiger partial charge in [0.25, 0.3) is 0 Å². The van der Waals surface area contributed by atoms with Crippen LogP contribution in [0.1, 0.15) is 30.4 Å². The van der Waals surface area contributed by atoms with Crippen molar-refractivity contribution in [2.24, 2.45) is 0 Å². The van der Waals surface area contributed by atoms with Crippen molar-refractivity contribution in [3.63, 3.8) is 0 Å². The Hall–Kier alpha value is -2.04. The fraction of sp³-hybridized carbons (Fsp3) is 0.500. The Morgan fingerprint density at radius 2 is 1.95 bits per heavy atom. The van der Waals surface area contributed by atoms with Gasteiger partial charge in [0.1, 0.15) is 6.04 Å². The lowest BCUT2D eigenvalue weighted by molar-refractivity contribution is -0.143. The van der Waals surface area contributed by atoms with Crippen LogP contribution in [0.25, 0.3) is 0 Å². The average molecular weight is 290 g/mol. The van der Waals surface area contributed by atoms with Crippen molar-refractivity contribution in [2.45, 2.75) is 38.8 Å². The summed E-state index contributed by atoms with van der Waals surface area (Å²) < 4.78 is 0. The summed E-state index contributed by atoms with van der Waals surface area (Å²) in [6.07, 6.45) is 2.27. The van der Waals surface area contributed by atoms with Crippen LogP contribution < -0.4 is 0 Å². The minimum atomic E-state index is -0.910. The zero-order chi connectivity index (χ0) is 15.4. The van der Waals surface area contributed by atoms with Crippen LogP contribution in [-0.2, 0) is 11.3 Å². The molecule has 21 heavy (non-hydrogen) atoms. The van der Waals surface area contributed by atoms with E-state index in [1.807, 2.05) is 31.2 Å². The number of nitrogens with zero attached hydrogens (tertiary/aromatic N) is 2. The molecule has 1 aliphatic rings. The molecule has 1 fully saturated rings. The SMILES string of the molecule is Cc1ccc(CN(C)C(=O)N2CCCCC2C(=O)O)cc1. The van der Waals surface area contributed by atoms with Crippen LogP contribution in [0.15, 0.2) is 24.3 Å². The van der Waals surface area contributed by atoms with E-state index in [9.17, 15) is 14.7 Å². The van der Waals surface area contributed by atoms with Crippen LogP contribution in [-0.4, -0.2) is 46.5 Å². The zero-order valence-corrected chi connectivity index (χ0v) is 12.6. The first kappa shape index (κ1) is 15.4. The highest BCUT2D eigenvalue weighted by Gasteiger charge is 2.33. The summed E-state index contributed by atoms with van der Waals surface area (Å²) in [5.74, 6) is -0.910. The Bertz CT molecular complexity index is 513. The second-order valence-electron chi connectivity index (χ2n) is 5.67. The maximum atomic E-state index is 12.5. The highest BCUT2D eigenvalue weighted by Crippen LogP contribution is 2.19. The van der Waals surface area contributed by atoms with Crippen LogP contribution in [0.2, 0.25) is 0 Å². The van der Waals surface area contributed by atoms with Gasteiger partial charge in [-0.05, 0) is 31.7 Å². The number of rotatable bonds is 3. The molecule has 2 amide bonds. The molecule has 0 spiro atoms. The van der Waals surface area contributed by atoms with Crippen molar-refractivity contribution in [3.8, 4) is 0 Å². The van der Waals surface area contributed by atoms with Gasteiger partial charge in [-0.2, -0.15) is 0 Å². The van der Waals surface area contributed by atoms with E-state index in [-0.39, 0.29) is 6.03 Å². The first-order valence-electron chi connectivity index (χ1n) is 7.29. The van der Waals surface area contributed by atoms with Gasteiger partial charge in [-0.15, -0.1) is 0 Å². The maximum absolute atomic E-state index is 12.5. The molecule has 1 unspecified atom stereocenters. The number of hydrogen-bond acceptors (Lipinski definition) is 2. The number of aryl methyl sites for hydroxylation is 1. The smallest absolute Gasteiger partial charge is 0.326 e. The number of aliphatic carboxylic acids is 1. The lowest BCUT2D eigenvalue weighted by Gasteiger charge is -2.35. The number of carbonyl (C=O) groups excluding carboxylic acids is 1. The van der Waals surface area contributed by atoms with E-state index in [0.717, 1.165) is 18.4 Å². The van der Waals surface area contributed by atoms with Gasteiger partial charge in [-0.3, -0.25) is 0 Å². The number of hydrogen-bond donors (Lipinski definition) is 1. The molecule has 1 aromatic rings. The predicted octanol–water partition coefficient (Wildman–Crippen LogP) is 2.49. The van der Waals surface area contributed by atoms with Gasteiger partial charge >= 0.3 is 12.0 Å². The molecule has 1 atom stereocenters. The standard InChI is InChI=1S/C16H22N2O3/c1-12-6-8-13(9-7-12)11-17(2)16(21)18-10-4-3-5-14(18)15(19)20/h6-9,14H,3-5,10-11H2,1-2H3,(H,19,20). The van der Waals surface area contributed by atoms with E-state index in [0.29, 0.717) is 19.5 Å². The normalized spacial score (nSPS) is 18.4. The Morgan fingerprint density at radius 1 is 1.29 bits per heavy atom. The van der Waals surface area contributed by atoms with E-state index in [4.69, 9.17) is 0 Å². The lowest BCUT2D eigenvalue weighted by Crippen LogP contribution is -2.52. The fourth-order valence-electron chi connectivity index (χ4n) is 2.67. The fourth-order valence-corrected chi connectivity index (χ4v) is 2.67. The van der Waals surface area contributed by atoms with E-state index >= 15 is 0 Å². The van der Waals surface area contributed by atoms with Crippen LogP contribution >= 0.6 is 0 Å². The number of urea groups is 1. The van der Waals surface area contributed by atoms with Gasteiger partial charge in [-0.1, -0.05) is 29.8 Å². The van der Waals surface area contributed by atoms with Gasteiger partial charge in [0.05, 0.1) is 0 Å². The van der Waals surface area contributed by atoms with Crippen LogP contribution in [0.3, 0.4) is 0 Å². The molecule has 5 heteroatoms. The number of likely N-dealkylation sites (tertiary alicyclic amines) is 1. The summed E-state index contributed by atoms with van der Waals surface area (Å²) in [4.78, 5) is 26.8. The van der Waals surface area contributed by atoms with Crippen molar-refractivity contribution >= 4 is 12.0 Å². The Labute approximate surface area is 125 Å². The first-order valence-corrected chi connectivity index (χ1v) is 7.29. The number of benzene rings is 1. The monoisotopic (exact) mass is 290 g/mol. The molecule has 0 bridgehead atoms. The first-order chi connectivity index (χ1) is 9.99. The zero-order valence-electron chi connectivity index (χ0n) is 12.6. The second-order valence-corrected chi connectivity index (χ2v) is 5.67. The molecule has 2 rings (SSSR count). The lowest BCUT2D eigenvalue weighted by atomic mass is 10.0. The molecule has 1 aliphatic heterocycles. The summed E-state index contributed by atoms with van der Waals surface area (Å²) in [6, 6.07) is 7.10. The van der Waals surface area contributed by atoms with E-state index in [1.54, 1.807) is 11.9 Å². The Kier molecular flexibility index (Phi) is 4.83. The molecule has 0 radical (unpaired) electrons. The van der Waals surface area contributed by atoms with E-state index < -0.39 is 12.0 Å². The van der Waals surface area contributed by atoms with Crippen LogP contribution in [0, 0.1) is 6.92 Å². The average Bonchev–Trinajstić information content (AvgIpc) is 2.48. The van der Waals surface area contributed by atoms with Crippen molar-refractivity contribution in [3.05, 3.63) is 35.4 Å². The third-order valence-electron chi connectivity index (χ3n) is 3.90. The quantitative estimate of drug-likeness (QED) is 0.930. The summed E-state index contributed by atoms with van der Waals surface area (Å²) in [5, 5.41) is 9.25. The molecule has 114 valence electrons. The van der Waals surface area contributed by atoms with Crippen molar-refractivity contribution in [1.82, 2.24) is 9.80 Å². The molecule has 1 saturated heterocycles. The molecule has 1 heterocycles.